The smallest absolute Gasteiger partial charge is 0.431 e. The zero-order valence-corrected chi connectivity index (χ0v) is 18.2. The molecule has 0 aliphatic rings. The Labute approximate surface area is 191 Å². The second kappa shape index (κ2) is 11.4. The zero-order chi connectivity index (χ0) is 23.7. The second-order valence-electron chi connectivity index (χ2n) is 7.36. The molecule has 4 nitrogen and oxygen atoms in total. The number of carbonyl (C=O) groups excluding carboxylic acids is 1. The Hall–Kier alpha value is -3.45. The first kappa shape index (κ1) is 24.2. The Morgan fingerprint density at radius 3 is 1.73 bits per heavy atom. The molecule has 1 atom stereocenters. The van der Waals surface area contributed by atoms with Gasteiger partial charge in [-0.15, -0.1) is 0 Å². The van der Waals surface area contributed by atoms with Gasteiger partial charge in [0.2, 0.25) is 0 Å². The maximum Gasteiger partial charge on any atom is 0.431 e. The van der Waals surface area contributed by atoms with Gasteiger partial charge in [0.25, 0.3) is 0 Å². The number of nitrogens with zero attached hydrogens (tertiary/aromatic N) is 2. The molecule has 0 aliphatic heterocycles. The van der Waals surface area contributed by atoms with Crippen molar-refractivity contribution in [2.75, 3.05) is 6.61 Å². The molecule has 0 heterocycles. The Morgan fingerprint density at radius 1 is 0.848 bits per heavy atom. The molecule has 0 saturated heterocycles. The summed E-state index contributed by atoms with van der Waals surface area (Å²) < 4.78 is 48.1. The van der Waals surface area contributed by atoms with Crippen LogP contribution in [0.25, 0.3) is 0 Å². The molecule has 0 amide bonds. The number of ether oxygens (including phenoxy) is 1. The number of hydrogen-bond donors (Lipinski definition) is 0. The summed E-state index contributed by atoms with van der Waals surface area (Å²) >= 11 is 0. The third kappa shape index (κ3) is 7.02. The van der Waals surface area contributed by atoms with Crippen molar-refractivity contribution in [3.8, 4) is 0 Å². The molecule has 3 aromatic carbocycles. The van der Waals surface area contributed by atoms with Crippen LogP contribution < -0.4 is 0 Å². The maximum absolute atomic E-state index is 14.3. The molecule has 33 heavy (non-hydrogen) atoms. The lowest BCUT2D eigenvalue weighted by Crippen LogP contribution is -2.51. The summed E-state index contributed by atoms with van der Waals surface area (Å²) in [5.74, 6) is -0.989. The Kier molecular flexibility index (Phi) is 8.38. The minimum Gasteiger partial charge on any atom is -0.465 e. The number of alkyl halides is 3. The molecule has 0 radical (unpaired) electrons. The van der Waals surface area contributed by atoms with Crippen LogP contribution in [-0.4, -0.2) is 35.4 Å². The first-order chi connectivity index (χ1) is 15.9. The van der Waals surface area contributed by atoms with Crippen molar-refractivity contribution in [2.45, 2.75) is 32.2 Å². The van der Waals surface area contributed by atoms with Crippen LogP contribution in [0.4, 0.5) is 18.9 Å². The van der Waals surface area contributed by atoms with Crippen molar-refractivity contribution in [1.82, 2.24) is 4.90 Å². The monoisotopic (exact) mass is 454 g/mol. The van der Waals surface area contributed by atoms with E-state index in [0.717, 1.165) is 11.1 Å². The third-order valence-corrected chi connectivity index (χ3v) is 4.89. The van der Waals surface area contributed by atoms with Crippen molar-refractivity contribution in [3.63, 3.8) is 0 Å². The van der Waals surface area contributed by atoms with Gasteiger partial charge < -0.3 is 4.74 Å². The highest BCUT2D eigenvalue weighted by Crippen LogP contribution is 2.28. The first-order valence-electron chi connectivity index (χ1n) is 10.6. The molecule has 3 aromatic rings. The van der Waals surface area contributed by atoms with Crippen LogP contribution in [0.15, 0.2) is 96.0 Å². The maximum atomic E-state index is 14.3. The van der Waals surface area contributed by atoms with Crippen LogP contribution in [0, 0.1) is 0 Å². The summed E-state index contributed by atoms with van der Waals surface area (Å²) in [5.41, 5.74) is 0.436. The fraction of sp³-hybridized carbons (Fsp3) is 0.231. The van der Waals surface area contributed by atoms with Gasteiger partial charge in [0.1, 0.15) is 0 Å². The van der Waals surface area contributed by atoms with Gasteiger partial charge in [-0.05, 0) is 30.2 Å². The van der Waals surface area contributed by atoms with E-state index in [0.29, 0.717) is 0 Å². The number of esters is 1. The lowest BCUT2D eigenvalue weighted by Gasteiger charge is -2.32. The fourth-order valence-corrected chi connectivity index (χ4v) is 3.45. The van der Waals surface area contributed by atoms with Gasteiger partial charge in [0.05, 0.1) is 12.3 Å². The normalized spacial score (nSPS) is 13.1. The summed E-state index contributed by atoms with van der Waals surface area (Å²) in [5, 5.41) is 0. The number of hydrogen-bond acceptors (Lipinski definition) is 4. The van der Waals surface area contributed by atoms with E-state index in [2.05, 4.69) is 4.99 Å². The largest absolute Gasteiger partial charge is 0.465 e. The van der Waals surface area contributed by atoms with Gasteiger partial charge in [-0.3, -0.25) is 4.90 Å². The van der Waals surface area contributed by atoms with Crippen molar-refractivity contribution in [1.29, 1.82) is 0 Å². The van der Waals surface area contributed by atoms with Crippen molar-refractivity contribution >= 4 is 17.4 Å². The highest BCUT2D eigenvalue weighted by atomic mass is 19.4. The predicted octanol–water partition coefficient (Wildman–Crippen LogP) is 5.96. The van der Waals surface area contributed by atoms with Crippen LogP contribution in [0.3, 0.4) is 0 Å². The third-order valence-electron chi connectivity index (χ3n) is 4.89. The molecule has 172 valence electrons. The van der Waals surface area contributed by atoms with E-state index in [-0.39, 0.29) is 25.4 Å². The van der Waals surface area contributed by atoms with E-state index >= 15 is 0 Å². The lowest BCUT2D eigenvalue weighted by atomic mass is 10.1. The first-order valence-corrected chi connectivity index (χ1v) is 10.6. The molecule has 3 rings (SSSR count). The van der Waals surface area contributed by atoms with Gasteiger partial charge in [0.15, 0.2) is 11.8 Å². The lowest BCUT2D eigenvalue weighted by molar-refractivity contribution is -0.149. The molecule has 0 saturated carbocycles. The fourth-order valence-electron chi connectivity index (χ4n) is 3.45. The molecule has 0 fully saturated rings. The minimum absolute atomic E-state index is 0.0453. The van der Waals surface area contributed by atoms with Gasteiger partial charge >= 0.3 is 12.1 Å². The summed E-state index contributed by atoms with van der Waals surface area (Å²) in [6.45, 7) is 1.72. The van der Waals surface area contributed by atoms with Gasteiger partial charge in [-0.25, -0.2) is 9.79 Å². The van der Waals surface area contributed by atoms with Crippen LogP contribution >= 0.6 is 0 Å². The Morgan fingerprint density at radius 2 is 1.30 bits per heavy atom. The van der Waals surface area contributed by atoms with Crippen LogP contribution in [0.5, 0.6) is 0 Å². The molecule has 0 spiro atoms. The Balaban J connectivity index is 2.12. The number of carbonyl (C=O) groups is 1. The van der Waals surface area contributed by atoms with Crippen molar-refractivity contribution in [2.24, 2.45) is 4.99 Å². The van der Waals surface area contributed by atoms with E-state index in [1.165, 1.54) is 17.0 Å². The molecule has 0 bridgehead atoms. The summed E-state index contributed by atoms with van der Waals surface area (Å²) in [4.78, 5) is 18.3. The van der Waals surface area contributed by atoms with Gasteiger partial charge in [0, 0.05) is 13.1 Å². The number of benzene rings is 3. The molecule has 0 N–H and O–H groups in total. The van der Waals surface area contributed by atoms with Crippen molar-refractivity contribution < 1.29 is 22.7 Å². The van der Waals surface area contributed by atoms with E-state index in [1.54, 1.807) is 49.4 Å². The van der Waals surface area contributed by atoms with E-state index in [4.69, 9.17) is 4.74 Å². The quantitative estimate of drug-likeness (QED) is 0.296. The summed E-state index contributed by atoms with van der Waals surface area (Å²) in [6, 6.07) is 24.2. The van der Waals surface area contributed by atoms with Crippen molar-refractivity contribution in [3.05, 3.63) is 102 Å². The highest BCUT2D eigenvalue weighted by Gasteiger charge is 2.47. The molecule has 0 aromatic heterocycles. The molecule has 7 heteroatoms. The topological polar surface area (TPSA) is 41.9 Å². The molecular weight excluding hydrogens is 429 g/mol. The van der Waals surface area contributed by atoms with Crippen LogP contribution in [0.2, 0.25) is 0 Å². The average Bonchev–Trinajstić information content (AvgIpc) is 2.80. The van der Waals surface area contributed by atoms with Crippen LogP contribution in [0.1, 0.15) is 18.1 Å². The molecule has 1 unspecified atom stereocenters. The average molecular weight is 454 g/mol. The SMILES string of the molecule is CCOC(=O)C(C(=Nc1ccccc1)C(F)(F)F)N(Cc1ccccc1)Cc1ccccc1. The molecular formula is C26H25F3N2O2. The van der Waals surface area contributed by atoms with E-state index in [9.17, 15) is 18.0 Å². The van der Waals surface area contributed by atoms with Crippen LogP contribution in [-0.2, 0) is 22.6 Å². The summed E-state index contributed by atoms with van der Waals surface area (Å²) in [6.07, 6.45) is -4.85. The number of para-hydroxylation sites is 1. The molecule has 0 aliphatic carbocycles. The highest BCUT2D eigenvalue weighted by molar-refractivity contribution is 6.09. The number of halogens is 3. The Bertz CT molecular complexity index is 998. The van der Waals surface area contributed by atoms with E-state index < -0.39 is 23.9 Å². The standard InChI is InChI=1S/C26H25F3N2O2/c1-2-33-25(32)23(24(26(27,28)29)30-22-16-10-5-11-17-22)31(18-20-12-6-3-7-13-20)19-21-14-8-4-9-15-21/h3-17,23H,2,18-19H2,1H3. The van der Waals surface area contributed by atoms with Gasteiger partial charge in [-0.1, -0.05) is 78.9 Å². The minimum atomic E-state index is -4.85. The predicted molar refractivity (Wildman–Crippen MR) is 122 cm³/mol. The zero-order valence-electron chi connectivity index (χ0n) is 18.2. The van der Waals surface area contributed by atoms with E-state index in [1.807, 2.05) is 36.4 Å². The van der Waals surface area contributed by atoms with Gasteiger partial charge in [-0.2, -0.15) is 13.2 Å². The summed E-state index contributed by atoms with van der Waals surface area (Å²) in [7, 11) is 0. The second-order valence-corrected chi connectivity index (χ2v) is 7.36. The number of aliphatic imine (C=N–C) groups is 1. The number of rotatable bonds is 9.